The van der Waals surface area contributed by atoms with Crippen molar-refractivity contribution in [1.82, 2.24) is 15.2 Å². The van der Waals surface area contributed by atoms with Crippen molar-refractivity contribution in [3.8, 4) is 5.75 Å². The van der Waals surface area contributed by atoms with Crippen LogP contribution in [0.3, 0.4) is 0 Å². The number of H-pyrrole nitrogens is 1. The number of aliphatic hydroxyl groups excluding tert-OH is 1. The van der Waals surface area contributed by atoms with Crippen molar-refractivity contribution in [2.75, 3.05) is 27.2 Å². The number of benzene rings is 1. The Hall–Kier alpha value is -2.05. The molecule has 130 valence electrons. The maximum atomic E-state index is 11.5. The fraction of sp³-hybridized carbons (Fsp3) is 0.500. The Morgan fingerprint density at radius 2 is 2.21 bits per heavy atom. The highest BCUT2D eigenvalue weighted by atomic mass is 16.5. The lowest BCUT2D eigenvalue weighted by Gasteiger charge is -2.14. The van der Waals surface area contributed by atoms with Crippen LogP contribution in [0.5, 0.6) is 5.75 Å². The molecule has 0 spiro atoms. The van der Waals surface area contributed by atoms with E-state index in [2.05, 4.69) is 28.2 Å². The number of aromatic amines is 1. The number of rotatable bonds is 5. The van der Waals surface area contributed by atoms with Gasteiger partial charge in [0.2, 0.25) is 5.91 Å². The van der Waals surface area contributed by atoms with Crippen molar-refractivity contribution in [3.05, 3.63) is 29.5 Å². The number of carbonyl (C=O) groups excluding carboxylic acids is 1. The minimum Gasteiger partial charge on any atom is -0.497 e. The van der Waals surface area contributed by atoms with Gasteiger partial charge in [-0.15, -0.1) is 0 Å². The van der Waals surface area contributed by atoms with Crippen molar-refractivity contribution in [2.24, 2.45) is 5.92 Å². The Morgan fingerprint density at radius 1 is 1.42 bits per heavy atom. The van der Waals surface area contributed by atoms with E-state index in [0.29, 0.717) is 13.0 Å². The number of hydrogen-bond donors (Lipinski definition) is 3. The van der Waals surface area contributed by atoms with Gasteiger partial charge in [-0.05, 0) is 24.6 Å². The lowest BCUT2D eigenvalue weighted by molar-refractivity contribution is -0.122. The van der Waals surface area contributed by atoms with Gasteiger partial charge in [0.15, 0.2) is 0 Å². The van der Waals surface area contributed by atoms with E-state index in [4.69, 9.17) is 4.74 Å². The number of aryl methyl sites for hydroxylation is 1. The average molecular weight is 331 g/mol. The fourth-order valence-electron chi connectivity index (χ4n) is 3.50. The molecule has 0 bridgehead atoms. The van der Waals surface area contributed by atoms with Crippen molar-refractivity contribution in [1.29, 1.82) is 0 Å². The highest BCUT2D eigenvalue weighted by Crippen LogP contribution is 2.27. The number of likely N-dealkylation sites (tertiary alicyclic amines) is 1. The molecule has 1 fully saturated rings. The second-order valence-corrected chi connectivity index (χ2v) is 6.60. The van der Waals surface area contributed by atoms with Crippen LogP contribution in [0.15, 0.2) is 18.2 Å². The molecular formula is C18H25N3O3. The molecule has 3 N–H and O–H groups in total. The van der Waals surface area contributed by atoms with E-state index in [1.165, 1.54) is 10.9 Å². The number of aromatic nitrogens is 1. The predicted octanol–water partition coefficient (Wildman–Crippen LogP) is 1.41. The predicted molar refractivity (Wildman–Crippen MR) is 93.0 cm³/mol. The zero-order valence-electron chi connectivity index (χ0n) is 14.4. The van der Waals surface area contributed by atoms with Gasteiger partial charge in [0.25, 0.3) is 0 Å². The number of β-amino-alcohol motifs (C(OH)–C–C–N with tert-alkyl or cyclic N) is 1. The molecule has 2 atom stereocenters. The topological polar surface area (TPSA) is 77.6 Å². The van der Waals surface area contributed by atoms with Crippen LogP contribution in [0.2, 0.25) is 0 Å². The van der Waals surface area contributed by atoms with Gasteiger partial charge in [-0.3, -0.25) is 9.69 Å². The summed E-state index contributed by atoms with van der Waals surface area (Å²) >= 11 is 0. The molecule has 1 aromatic heterocycles. The number of aliphatic hydroxyl groups is 1. The molecule has 0 radical (unpaired) electrons. The van der Waals surface area contributed by atoms with Crippen LogP contribution >= 0.6 is 0 Å². The Balaban J connectivity index is 1.71. The molecule has 1 amide bonds. The lowest BCUT2D eigenvalue weighted by atomic mass is 10.0. The van der Waals surface area contributed by atoms with E-state index >= 15 is 0 Å². The summed E-state index contributed by atoms with van der Waals surface area (Å²) in [5.74, 6) is 0.820. The second-order valence-electron chi connectivity index (χ2n) is 6.60. The van der Waals surface area contributed by atoms with E-state index in [9.17, 15) is 9.90 Å². The minimum atomic E-state index is -0.450. The van der Waals surface area contributed by atoms with Crippen LogP contribution in [0.25, 0.3) is 10.9 Å². The summed E-state index contributed by atoms with van der Waals surface area (Å²) in [6, 6.07) is 6.18. The van der Waals surface area contributed by atoms with Gasteiger partial charge in [-0.2, -0.15) is 0 Å². The lowest BCUT2D eigenvalue weighted by Crippen LogP contribution is -2.27. The molecule has 24 heavy (non-hydrogen) atoms. The molecule has 1 aliphatic rings. The van der Waals surface area contributed by atoms with Crippen LogP contribution in [0.1, 0.15) is 17.7 Å². The Morgan fingerprint density at radius 3 is 2.92 bits per heavy atom. The smallest absolute Gasteiger partial charge is 0.220 e. The first-order valence-electron chi connectivity index (χ1n) is 8.27. The van der Waals surface area contributed by atoms with Crippen LogP contribution < -0.4 is 10.1 Å². The third kappa shape index (κ3) is 3.39. The van der Waals surface area contributed by atoms with Gasteiger partial charge in [-0.25, -0.2) is 0 Å². The summed E-state index contributed by atoms with van der Waals surface area (Å²) in [7, 11) is 3.30. The van der Waals surface area contributed by atoms with Gasteiger partial charge in [0.05, 0.1) is 13.2 Å². The Labute approximate surface area is 141 Å². The standard InChI is InChI=1S/C18H25N3O3/c1-11-4-14(24-3)7-16-15(11)6-13(20-16)9-21-8-12(17(22)10-21)5-18(23)19-2/h4,6-7,12,17,20,22H,5,8-10H2,1-3H3,(H,19,23)/t12-,17-/m1/s1. The number of nitrogens with one attached hydrogen (secondary N) is 2. The molecule has 3 rings (SSSR count). The van der Waals surface area contributed by atoms with Crippen molar-refractivity contribution >= 4 is 16.8 Å². The first kappa shape index (κ1) is 16.8. The molecule has 0 saturated carbocycles. The summed E-state index contributed by atoms with van der Waals surface area (Å²) < 4.78 is 5.32. The third-order valence-corrected chi connectivity index (χ3v) is 4.81. The maximum Gasteiger partial charge on any atom is 0.220 e. The maximum absolute atomic E-state index is 11.5. The molecule has 1 saturated heterocycles. The molecule has 1 aliphatic heterocycles. The summed E-state index contributed by atoms with van der Waals surface area (Å²) in [5.41, 5.74) is 3.34. The SMILES string of the molecule is CNC(=O)C[C@@H]1CN(Cc2cc3c(C)cc(OC)cc3[nH]2)C[C@H]1O. The number of nitrogens with zero attached hydrogens (tertiary/aromatic N) is 1. The highest BCUT2D eigenvalue weighted by molar-refractivity contribution is 5.85. The molecule has 2 heterocycles. The third-order valence-electron chi connectivity index (χ3n) is 4.81. The van der Waals surface area contributed by atoms with E-state index in [-0.39, 0.29) is 11.8 Å². The van der Waals surface area contributed by atoms with Gasteiger partial charge >= 0.3 is 0 Å². The van der Waals surface area contributed by atoms with E-state index < -0.39 is 6.10 Å². The van der Waals surface area contributed by atoms with E-state index in [1.54, 1.807) is 14.2 Å². The summed E-state index contributed by atoms with van der Waals surface area (Å²) in [4.78, 5) is 17.2. The molecule has 0 unspecified atom stereocenters. The average Bonchev–Trinajstić information content (AvgIpc) is 3.11. The zero-order chi connectivity index (χ0) is 17.3. The number of amides is 1. The van der Waals surface area contributed by atoms with Crippen molar-refractivity contribution in [3.63, 3.8) is 0 Å². The zero-order valence-corrected chi connectivity index (χ0v) is 14.4. The van der Waals surface area contributed by atoms with Gasteiger partial charge in [-0.1, -0.05) is 0 Å². The van der Waals surface area contributed by atoms with E-state index in [1.807, 2.05) is 12.1 Å². The molecule has 6 heteroatoms. The van der Waals surface area contributed by atoms with Crippen LogP contribution in [0.4, 0.5) is 0 Å². The highest BCUT2D eigenvalue weighted by Gasteiger charge is 2.32. The summed E-state index contributed by atoms with van der Waals surface area (Å²) in [5, 5.41) is 14.0. The summed E-state index contributed by atoms with van der Waals surface area (Å²) in [6.45, 7) is 4.13. The van der Waals surface area contributed by atoms with E-state index in [0.717, 1.165) is 30.0 Å². The first-order chi connectivity index (χ1) is 11.5. The number of hydrogen-bond acceptors (Lipinski definition) is 4. The van der Waals surface area contributed by atoms with Crippen molar-refractivity contribution < 1.29 is 14.6 Å². The largest absolute Gasteiger partial charge is 0.497 e. The number of methoxy groups -OCH3 is 1. The molecule has 6 nitrogen and oxygen atoms in total. The summed E-state index contributed by atoms with van der Waals surface area (Å²) in [6.07, 6.45) is -0.0783. The molecule has 2 aromatic rings. The molecular weight excluding hydrogens is 306 g/mol. The second kappa shape index (κ2) is 6.83. The minimum absolute atomic E-state index is 0.00356. The number of ether oxygens (including phenoxy) is 1. The van der Waals surface area contributed by atoms with Crippen LogP contribution in [-0.2, 0) is 11.3 Å². The van der Waals surface area contributed by atoms with Gasteiger partial charge < -0.3 is 20.1 Å². The normalized spacial score (nSPS) is 21.3. The first-order valence-corrected chi connectivity index (χ1v) is 8.27. The van der Waals surface area contributed by atoms with Gasteiger partial charge in [0, 0.05) is 61.7 Å². The van der Waals surface area contributed by atoms with Gasteiger partial charge in [0.1, 0.15) is 5.75 Å². The van der Waals surface area contributed by atoms with Crippen molar-refractivity contribution in [2.45, 2.75) is 26.0 Å². The monoisotopic (exact) mass is 331 g/mol. The Kier molecular flexibility index (Phi) is 4.78. The fourth-order valence-corrected chi connectivity index (χ4v) is 3.50. The van der Waals surface area contributed by atoms with Crippen LogP contribution in [0, 0.1) is 12.8 Å². The molecule has 1 aromatic carbocycles. The number of carbonyl (C=O) groups is 1. The van der Waals surface area contributed by atoms with Crippen LogP contribution in [-0.4, -0.2) is 54.2 Å². The molecule has 0 aliphatic carbocycles. The quantitative estimate of drug-likeness (QED) is 0.774. The Bertz CT molecular complexity index is 740. The number of fused-ring (bicyclic) bond motifs is 1.